The number of ether oxygens (including phenoxy) is 1. The molecule has 1 aliphatic rings. The minimum atomic E-state index is -0.0760. The molecule has 0 aliphatic carbocycles. The summed E-state index contributed by atoms with van der Waals surface area (Å²) in [6, 6.07) is 7.80. The van der Waals surface area contributed by atoms with Crippen LogP contribution in [-0.4, -0.2) is 59.4 Å². The Morgan fingerprint density at radius 2 is 1.89 bits per heavy atom. The summed E-state index contributed by atoms with van der Waals surface area (Å²) in [5.74, 6) is 1.25. The first-order valence-electron chi connectivity index (χ1n) is 9.17. The van der Waals surface area contributed by atoms with E-state index < -0.39 is 0 Å². The van der Waals surface area contributed by atoms with Gasteiger partial charge in [-0.05, 0) is 18.1 Å². The van der Waals surface area contributed by atoms with Crippen molar-refractivity contribution in [1.29, 1.82) is 0 Å². The predicted octanol–water partition coefficient (Wildman–Crippen LogP) is 3.15. The molecule has 0 bridgehead atoms. The molecule has 0 spiro atoms. The molecular formula is C20H25N3O3S. The lowest BCUT2D eigenvalue weighted by Gasteiger charge is -2.33. The third kappa shape index (κ3) is 4.86. The van der Waals surface area contributed by atoms with Crippen LogP contribution >= 0.6 is 11.3 Å². The van der Waals surface area contributed by atoms with Crippen molar-refractivity contribution in [3.05, 3.63) is 35.3 Å². The molecule has 0 radical (unpaired) electrons. The van der Waals surface area contributed by atoms with Gasteiger partial charge in [0.2, 0.25) is 5.91 Å². The second-order valence-corrected chi connectivity index (χ2v) is 7.93. The van der Waals surface area contributed by atoms with E-state index in [1.807, 2.05) is 24.3 Å². The van der Waals surface area contributed by atoms with Crippen molar-refractivity contribution >= 4 is 23.2 Å². The van der Waals surface area contributed by atoms with Gasteiger partial charge in [0.25, 0.3) is 5.91 Å². The van der Waals surface area contributed by atoms with Gasteiger partial charge in [-0.3, -0.25) is 9.59 Å². The number of rotatable bonds is 5. The summed E-state index contributed by atoms with van der Waals surface area (Å²) in [5.41, 5.74) is 1.40. The molecule has 6 nitrogen and oxygen atoms in total. The average molecular weight is 388 g/mol. The van der Waals surface area contributed by atoms with E-state index in [1.165, 1.54) is 11.3 Å². The van der Waals surface area contributed by atoms with Gasteiger partial charge < -0.3 is 14.5 Å². The minimum Gasteiger partial charge on any atom is -0.493 e. The van der Waals surface area contributed by atoms with E-state index in [0.29, 0.717) is 44.4 Å². The maximum atomic E-state index is 12.7. The number of nitrogens with zero attached hydrogens (tertiary/aromatic N) is 3. The monoisotopic (exact) mass is 387 g/mol. The SMILES string of the molecule is CC(=O)N1CCN(C(=O)c2csc(-c3cccc(OCC(C)C)c3)n2)CC1. The number of piperazine rings is 1. The lowest BCUT2D eigenvalue weighted by atomic mass is 10.2. The van der Waals surface area contributed by atoms with Crippen molar-refractivity contribution in [3.8, 4) is 16.3 Å². The normalized spacial score (nSPS) is 14.5. The second-order valence-electron chi connectivity index (χ2n) is 7.07. The number of hydrogen-bond acceptors (Lipinski definition) is 5. The Morgan fingerprint density at radius 3 is 2.56 bits per heavy atom. The van der Waals surface area contributed by atoms with E-state index in [0.717, 1.165) is 16.3 Å². The number of aromatic nitrogens is 1. The van der Waals surface area contributed by atoms with E-state index in [4.69, 9.17) is 4.74 Å². The van der Waals surface area contributed by atoms with Gasteiger partial charge in [0.15, 0.2) is 0 Å². The van der Waals surface area contributed by atoms with Crippen LogP contribution in [0.2, 0.25) is 0 Å². The fourth-order valence-electron chi connectivity index (χ4n) is 2.87. The average Bonchev–Trinajstić information content (AvgIpc) is 3.16. The second kappa shape index (κ2) is 8.52. The standard InChI is InChI=1S/C20H25N3O3S/c1-14(2)12-26-17-6-4-5-16(11-17)19-21-18(13-27-19)20(25)23-9-7-22(8-10-23)15(3)24/h4-6,11,13-14H,7-10,12H2,1-3H3. The molecule has 1 fully saturated rings. The third-order valence-corrected chi connectivity index (χ3v) is 5.29. The zero-order chi connectivity index (χ0) is 19.4. The fourth-order valence-corrected chi connectivity index (χ4v) is 3.66. The van der Waals surface area contributed by atoms with Crippen LogP contribution in [0.4, 0.5) is 0 Å². The van der Waals surface area contributed by atoms with Crippen LogP contribution in [0.3, 0.4) is 0 Å². The highest BCUT2D eigenvalue weighted by Crippen LogP contribution is 2.27. The highest BCUT2D eigenvalue weighted by Gasteiger charge is 2.25. The molecule has 1 saturated heterocycles. The van der Waals surface area contributed by atoms with E-state index in [2.05, 4.69) is 18.8 Å². The van der Waals surface area contributed by atoms with Gasteiger partial charge in [0, 0.05) is 44.0 Å². The highest BCUT2D eigenvalue weighted by atomic mass is 32.1. The van der Waals surface area contributed by atoms with Gasteiger partial charge in [0.05, 0.1) is 6.61 Å². The molecule has 2 heterocycles. The topological polar surface area (TPSA) is 62.7 Å². The summed E-state index contributed by atoms with van der Waals surface area (Å²) in [6.07, 6.45) is 0. The van der Waals surface area contributed by atoms with Crippen LogP contribution < -0.4 is 4.74 Å². The molecule has 3 rings (SSSR count). The van der Waals surface area contributed by atoms with Crippen LogP contribution in [-0.2, 0) is 4.79 Å². The molecule has 0 N–H and O–H groups in total. The summed E-state index contributed by atoms with van der Waals surface area (Å²) >= 11 is 1.45. The van der Waals surface area contributed by atoms with Crippen molar-refractivity contribution < 1.29 is 14.3 Å². The van der Waals surface area contributed by atoms with E-state index in [9.17, 15) is 9.59 Å². The summed E-state index contributed by atoms with van der Waals surface area (Å²) < 4.78 is 5.78. The minimum absolute atomic E-state index is 0.0533. The quantitative estimate of drug-likeness (QED) is 0.791. The van der Waals surface area contributed by atoms with E-state index >= 15 is 0 Å². The molecule has 27 heavy (non-hydrogen) atoms. The predicted molar refractivity (Wildman–Crippen MR) is 106 cm³/mol. The molecule has 0 saturated carbocycles. The van der Waals surface area contributed by atoms with Crippen molar-refractivity contribution in [3.63, 3.8) is 0 Å². The Hall–Kier alpha value is -2.41. The third-order valence-electron chi connectivity index (χ3n) is 4.40. The van der Waals surface area contributed by atoms with E-state index in [1.54, 1.807) is 22.1 Å². The highest BCUT2D eigenvalue weighted by molar-refractivity contribution is 7.13. The number of carbonyl (C=O) groups is 2. The Morgan fingerprint density at radius 1 is 1.19 bits per heavy atom. The van der Waals surface area contributed by atoms with Crippen molar-refractivity contribution in [2.45, 2.75) is 20.8 Å². The maximum Gasteiger partial charge on any atom is 0.273 e. The fraction of sp³-hybridized carbons (Fsp3) is 0.450. The molecular weight excluding hydrogens is 362 g/mol. The van der Waals surface area contributed by atoms with Gasteiger partial charge in [-0.2, -0.15) is 0 Å². The van der Waals surface area contributed by atoms with Crippen LogP contribution in [0, 0.1) is 5.92 Å². The first-order valence-corrected chi connectivity index (χ1v) is 10.1. The molecule has 144 valence electrons. The van der Waals surface area contributed by atoms with Crippen LogP contribution in [0.15, 0.2) is 29.6 Å². The van der Waals surface area contributed by atoms with Crippen molar-refractivity contribution in [2.24, 2.45) is 5.92 Å². The molecule has 2 aromatic rings. The molecule has 0 unspecified atom stereocenters. The number of thiazole rings is 1. The maximum absolute atomic E-state index is 12.7. The Balaban J connectivity index is 1.67. The number of hydrogen-bond donors (Lipinski definition) is 0. The summed E-state index contributed by atoms with van der Waals surface area (Å²) in [6.45, 7) is 8.69. The zero-order valence-electron chi connectivity index (χ0n) is 16.0. The number of benzene rings is 1. The lowest BCUT2D eigenvalue weighted by molar-refractivity contribution is -0.130. The van der Waals surface area contributed by atoms with Gasteiger partial charge in [-0.25, -0.2) is 4.98 Å². The molecule has 1 aromatic carbocycles. The molecule has 0 atom stereocenters. The van der Waals surface area contributed by atoms with Crippen molar-refractivity contribution in [2.75, 3.05) is 32.8 Å². The largest absolute Gasteiger partial charge is 0.493 e. The molecule has 1 aromatic heterocycles. The number of amides is 2. The van der Waals surface area contributed by atoms with E-state index in [-0.39, 0.29) is 11.8 Å². The van der Waals surface area contributed by atoms with Crippen LogP contribution in [0.1, 0.15) is 31.3 Å². The Labute approximate surface area is 163 Å². The molecule has 1 aliphatic heterocycles. The Kier molecular flexibility index (Phi) is 6.11. The van der Waals surface area contributed by atoms with Gasteiger partial charge in [-0.1, -0.05) is 26.0 Å². The summed E-state index contributed by atoms with van der Waals surface area (Å²) in [4.78, 5) is 32.2. The first-order chi connectivity index (χ1) is 12.9. The van der Waals surface area contributed by atoms with Crippen molar-refractivity contribution in [1.82, 2.24) is 14.8 Å². The van der Waals surface area contributed by atoms with Crippen LogP contribution in [0.5, 0.6) is 5.75 Å². The summed E-state index contributed by atoms with van der Waals surface area (Å²) in [5, 5.41) is 2.60. The Bertz CT molecular complexity index is 810. The molecule has 7 heteroatoms. The van der Waals surface area contributed by atoms with Gasteiger partial charge >= 0.3 is 0 Å². The van der Waals surface area contributed by atoms with Crippen LogP contribution in [0.25, 0.3) is 10.6 Å². The van der Waals surface area contributed by atoms with Gasteiger partial charge in [-0.15, -0.1) is 11.3 Å². The first kappa shape index (κ1) is 19.4. The molecule has 2 amide bonds. The summed E-state index contributed by atoms with van der Waals surface area (Å²) in [7, 11) is 0. The smallest absolute Gasteiger partial charge is 0.273 e. The lowest BCUT2D eigenvalue weighted by Crippen LogP contribution is -2.50. The zero-order valence-corrected chi connectivity index (χ0v) is 16.8. The van der Waals surface area contributed by atoms with Gasteiger partial charge in [0.1, 0.15) is 16.5 Å². The number of carbonyl (C=O) groups excluding carboxylic acids is 2.